The molecule has 154 valence electrons. The van der Waals surface area contributed by atoms with Crippen molar-refractivity contribution >= 4 is 29.6 Å². The SMILES string of the molecule is O=C(O)CCC(NC(=O)OCOC(=O)CCc1ccccc1)c1ccc(Cl)cc1. The van der Waals surface area contributed by atoms with Gasteiger partial charge in [0.15, 0.2) is 0 Å². The first kappa shape index (κ1) is 22.2. The maximum atomic E-state index is 12.0. The highest BCUT2D eigenvalue weighted by Crippen LogP contribution is 2.21. The Morgan fingerprint density at radius 2 is 1.66 bits per heavy atom. The van der Waals surface area contributed by atoms with E-state index in [0.29, 0.717) is 17.0 Å². The zero-order valence-corrected chi connectivity index (χ0v) is 16.4. The van der Waals surface area contributed by atoms with Gasteiger partial charge in [-0.15, -0.1) is 0 Å². The number of nitrogens with one attached hydrogen (secondary N) is 1. The number of esters is 1. The Morgan fingerprint density at radius 1 is 0.966 bits per heavy atom. The number of hydrogen-bond acceptors (Lipinski definition) is 5. The Balaban J connectivity index is 1.77. The molecule has 1 unspecified atom stereocenters. The number of carboxylic acids is 1. The van der Waals surface area contributed by atoms with Gasteiger partial charge in [0, 0.05) is 17.9 Å². The van der Waals surface area contributed by atoms with Gasteiger partial charge in [0.2, 0.25) is 6.79 Å². The van der Waals surface area contributed by atoms with Crippen LogP contribution in [0.5, 0.6) is 0 Å². The van der Waals surface area contributed by atoms with Crippen LogP contribution in [0.4, 0.5) is 4.79 Å². The molecule has 0 radical (unpaired) electrons. The summed E-state index contributed by atoms with van der Waals surface area (Å²) in [5, 5.41) is 12.0. The van der Waals surface area contributed by atoms with Crippen LogP contribution in [0.15, 0.2) is 54.6 Å². The molecule has 0 bridgehead atoms. The van der Waals surface area contributed by atoms with Gasteiger partial charge in [-0.05, 0) is 36.1 Å². The van der Waals surface area contributed by atoms with Crippen molar-refractivity contribution in [2.75, 3.05) is 6.79 Å². The maximum absolute atomic E-state index is 12.0. The minimum atomic E-state index is -0.980. The molecule has 0 aliphatic rings. The van der Waals surface area contributed by atoms with E-state index in [0.717, 1.165) is 5.56 Å². The number of ether oxygens (including phenoxy) is 2. The number of alkyl carbamates (subject to hydrolysis) is 1. The second-order valence-corrected chi connectivity index (χ2v) is 6.67. The number of rotatable bonds is 10. The lowest BCUT2D eigenvalue weighted by atomic mass is 10.0. The van der Waals surface area contributed by atoms with Crippen LogP contribution in [-0.4, -0.2) is 29.9 Å². The molecule has 0 aromatic heterocycles. The van der Waals surface area contributed by atoms with Crippen molar-refractivity contribution in [3.05, 3.63) is 70.7 Å². The van der Waals surface area contributed by atoms with Crippen molar-refractivity contribution in [2.24, 2.45) is 0 Å². The third-order valence-corrected chi connectivity index (χ3v) is 4.33. The molecule has 0 aliphatic carbocycles. The normalized spacial score (nSPS) is 11.3. The van der Waals surface area contributed by atoms with E-state index in [4.69, 9.17) is 26.2 Å². The summed E-state index contributed by atoms with van der Waals surface area (Å²) < 4.78 is 9.78. The minimum absolute atomic E-state index is 0.137. The van der Waals surface area contributed by atoms with Crippen molar-refractivity contribution in [1.82, 2.24) is 5.32 Å². The fraction of sp³-hybridized carbons (Fsp3) is 0.286. The van der Waals surface area contributed by atoms with E-state index < -0.39 is 30.9 Å². The van der Waals surface area contributed by atoms with Crippen LogP contribution < -0.4 is 5.32 Å². The first-order chi connectivity index (χ1) is 13.9. The number of amides is 1. The lowest BCUT2D eigenvalue weighted by Gasteiger charge is -2.18. The second kappa shape index (κ2) is 11.7. The highest BCUT2D eigenvalue weighted by atomic mass is 35.5. The number of carboxylic acid groups (broad SMARTS) is 1. The summed E-state index contributed by atoms with van der Waals surface area (Å²) in [7, 11) is 0. The predicted octanol–water partition coefficient (Wildman–Crippen LogP) is 4.11. The van der Waals surface area contributed by atoms with E-state index in [-0.39, 0.29) is 19.3 Å². The largest absolute Gasteiger partial charge is 0.481 e. The van der Waals surface area contributed by atoms with Crippen molar-refractivity contribution in [2.45, 2.75) is 31.7 Å². The summed E-state index contributed by atoms with van der Waals surface area (Å²) in [5.74, 6) is -1.46. The van der Waals surface area contributed by atoms with Gasteiger partial charge in [0.1, 0.15) is 0 Å². The fourth-order valence-corrected chi connectivity index (χ4v) is 2.71. The molecule has 1 amide bonds. The van der Waals surface area contributed by atoms with Crippen LogP contribution in [0.3, 0.4) is 0 Å². The topological polar surface area (TPSA) is 102 Å². The van der Waals surface area contributed by atoms with Crippen LogP contribution in [-0.2, 0) is 25.5 Å². The first-order valence-corrected chi connectivity index (χ1v) is 9.42. The number of aryl methyl sites for hydroxylation is 1. The molecule has 0 heterocycles. The zero-order valence-electron chi connectivity index (χ0n) is 15.7. The zero-order chi connectivity index (χ0) is 21.1. The molecule has 1 atom stereocenters. The standard InChI is InChI=1S/C21H22ClNO6/c22-17-9-7-16(8-10-17)18(11-12-19(24)25)23-21(27)29-14-28-20(26)13-6-15-4-2-1-3-5-15/h1-5,7-10,18H,6,11-14H2,(H,23,27)(H,24,25). The van der Waals surface area contributed by atoms with Gasteiger partial charge in [-0.2, -0.15) is 0 Å². The van der Waals surface area contributed by atoms with Gasteiger partial charge in [-0.25, -0.2) is 4.79 Å². The number of aliphatic carboxylic acids is 1. The third-order valence-electron chi connectivity index (χ3n) is 4.08. The molecule has 0 saturated heterocycles. The lowest BCUT2D eigenvalue weighted by Crippen LogP contribution is -2.30. The molecule has 2 N–H and O–H groups in total. The van der Waals surface area contributed by atoms with Crippen molar-refractivity contribution < 1.29 is 29.0 Å². The van der Waals surface area contributed by atoms with E-state index in [1.54, 1.807) is 24.3 Å². The molecule has 2 rings (SSSR count). The summed E-state index contributed by atoms with van der Waals surface area (Å²) in [5.41, 5.74) is 1.69. The molecule has 2 aromatic carbocycles. The smallest absolute Gasteiger partial charge is 0.410 e. The highest BCUT2D eigenvalue weighted by Gasteiger charge is 2.17. The van der Waals surface area contributed by atoms with Crippen molar-refractivity contribution in [3.8, 4) is 0 Å². The van der Waals surface area contributed by atoms with Crippen LogP contribution in [0.25, 0.3) is 0 Å². The number of benzene rings is 2. The van der Waals surface area contributed by atoms with Gasteiger partial charge in [0.05, 0.1) is 6.04 Å². The average molecular weight is 420 g/mol. The summed E-state index contributed by atoms with van der Waals surface area (Å²) in [6.45, 7) is -0.522. The highest BCUT2D eigenvalue weighted by molar-refractivity contribution is 6.30. The number of carbonyl (C=O) groups is 3. The van der Waals surface area contributed by atoms with Gasteiger partial charge >= 0.3 is 18.0 Å². The molecular formula is C21H22ClNO6. The monoisotopic (exact) mass is 419 g/mol. The summed E-state index contributed by atoms with van der Waals surface area (Å²) >= 11 is 5.86. The molecule has 0 fully saturated rings. The summed E-state index contributed by atoms with van der Waals surface area (Å²) in [4.78, 5) is 34.6. The maximum Gasteiger partial charge on any atom is 0.410 e. The van der Waals surface area contributed by atoms with Gasteiger partial charge in [-0.3, -0.25) is 9.59 Å². The molecule has 8 heteroatoms. The summed E-state index contributed by atoms with van der Waals surface area (Å²) in [6.07, 6.45) is -0.0859. The molecule has 2 aromatic rings. The van der Waals surface area contributed by atoms with Crippen LogP contribution >= 0.6 is 11.6 Å². The molecular weight excluding hydrogens is 398 g/mol. The van der Waals surface area contributed by atoms with E-state index >= 15 is 0 Å². The molecule has 7 nitrogen and oxygen atoms in total. The Bertz CT molecular complexity index is 810. The molecule has 0 spiro atoms. The first-order valence-electron chi connectivity index (χ1n) is 9.04. The number of carbonyl (C=O) groups excluding carboxylic acids is 2. The van der Waals surface area contributed by atoms with E-state index in [1.807, 2.05) is 30.3 Å². The third kappa shape index (κ3) is 8.66. The quantitative estimate of drug-likeness (QED) is 0.444. The van der Waals surface area contributed by atoms with Gasteiger partial charge in [0.25, 0.3) is 0 Å². The molecule has 0 saturated carbocycles. The van der Waals surface area contributed by atoms with Crippen LogP contribution in [0.1, 0.15) is 36.4 Å². The van der Waals surface area contributed by atoms with Crippen LogP contribution in [0, 0.1) is 0 Å². The predicted molar refractivity (Wildman–Crippen MR) is 106 cm³/mol. The molecule has 0 aliphatic heterocycles. The van der Waals surface area contributed by atoms with Crippen molar-refractivity contribution in [1.29, 1.82) is 0 Å². The summed E-state index contributed by atoms with van der Waals surface area (Å²) in [6, 6.07) is 15.6. The van der Waals surface area contributed by atoms with E-state index in [2.05, 4.69) is 5.32 Å². The van der Waals surface area contributed by atoms with Gasteiger partial charge in [-0.1, -0.05) is 54.1 Å². The Kier molecular flexibility index (Phi) is 8.98. The second-order valence-electron chi connectivity index (χ2n) is 6.23. The Hall–Kier alpha value is -3.06. The van der Waals surface area contributed by atoms with Gasteiger partial charge < -0.3 is 19.9 Å². The van der Waals surface area contributed by atoms with E-state index in [1.165, 1.54) is 0 Å². The van der Waals surface area contributed by atoms with Crippen molar-refractivity contribution in [3.63, 3.8) is 0 Å². The van der Waals surface area contributed by atoms with E-state index in [9.17, 15) is 14.4 Å². The Morgan fingerprint density at radius 3 is 2.31 bits per heavy atom. The number of hydrogen-bond donors (Lipinski definition) is 2. The average Bonchev–Trinajstić information content (AvgIpc) is 2.71. The molecule has 29 heavy (non-hydrogen) atoms. The Labute approximate surface area is 173 Å². The lowest BCUT2D eigenvalue weighted by molar-refractivity contribution is -0.151. The minimum Gasteiger partial charge on any atom is -0.481 e. The number of halogens is 1. The fourth-order valence-electron chi connectivity index (χ4n) is 2.58. The van der Waals surface area contributed by atoms with Crippen LogP contribution in [0.2, 0.25) is 5.02 Å².